The molecule has 1 saturated heterocycles. The van der Waals surface area contributed by atoms with Gasteiger partial charge in [0, 0.05) is 38.5 Å². The maximum absolute atomic E-state index is 11.7. The fraction of sp³-hybridized carbons (Fsp3) is 0.467. The van der Waals surface area contributed by atoms with E-state index >= 15 is 0 Å². The number of ether oxygens (including phenoxy) is 1. The maximum atomic E-state index is 11.7. The average molecular weight is 288 g/mol. The van der Waals surface area contributed by atoms with Gasteiger partial charge >= 0.3 is 6.03 Å². The van der Waals surface area contributed by atoms with Crippen LogP contribution >= 0.6 is 0 Å². The predicted octanol–water partition coefficient (Wildman–Crippen LogP) is 1.35. The van der Waals surface area contributed by atoms with Crippen molar-refractivity contribution in [1.29, 1.82) is 0 Å². The zero-order valence-electron chi connectivity index (χ0n) is 11.9. The molecule has 2 aromatic heterocycles. The van der Waals surface area contributed by atoms with Crippen LogP contribution in [-0.4, -0.2) is 41.2 Å². The summed E-state index contributed by atoms with van der Waals surface area (Å²) in [5, 5.41) is 5.68. The van der Waals surface area contributed by atoms with Crippen molar-refractivity contribution in [2.24, 2.45) is 0 Å². The third kappa shape index (κ3) is 3.72. The SMILES string of the molecule is O=C(NCCc1cn2ccccc2n1)NC[C@@H]1CCCO1. The molecule has 0 radical (unpaired) electrons. The van der Waals surface area contributed by atoms with Gasteiger partial charge in [-0.1, -0.05) is 6.07 Å². The van der Waals surface area contributed by atoms with Crippen LogP contribution in [0.1, 0.15) is 18.5 Å². The summed E-state index contributed by atoms with van der Waals surface area (Å²) < 4.78 is 7.43. The Morgan fingerprint density at radius 3 is 3.19 bits per heavy atom. The lowest BCUT2D eigenvalue weighted by atomic mass is 10.2. The molecule has 0 bridgehead atoms. The molecule has 0 aromatic carbocycles. The first-order valence-corrected chi connectivity index (χ1v) is 7.37. The number of rotatable bonds is 5. The predicted molar refractivity (Wildman–Crippen MR) is 79.3 cm³/mol. The molecule has 0 spiro atoms. The number of carbonyl (C=O) groups excluding carboxylic acids is 1. The van der Waals surface area contributed by atoms with Gasteiger partial charge in [-0.3, -0.25) is 0 Å². The standard InChI is InChI=1S/C15H20N4O2/c20-15(17-10-13-4-3-9-21-13)16-7-6-12-11-19-8-2-1-5-14(19)18-12/h1-2,5,8,11,13H,3-4,6-7,9-10H2,(H2,16,17,20)/t13-/m0/s1. The van der Waals surface area contributed by atoms with E-state index in [4.69, 9.17) is 4.74 Å². The molecule has 0 unspecified atom stereocenters. The average Bonchev–Trinajstić information content (AvgIpc) is 3.14. The Bertz CT molecular complexity index is 571. The van der Waals surface area contributed by atoms with Gasteiger partial charge in [0.15, 0.2) is 0 Å². The van der Waals surface area contributed by atoms with Crippen molar-refractivity contribution in [3.05, 3.63) is 36.3 Å². The maximum Gasteiger partial charge on any atom is 0.314 e. The number of carbonyl (C=O) groups is 1. The molecule has 0 aliphatic carbocycles. The van der Waals surface area contributed by atoms with E-state index in [-0.39, 0.29) is 12.1 Å². The van der Waals surface area contributed by atoms with E-state index < -0.39 is 0 Å². The minimum atomic E-state index is -0.144. The highest BCUT2D eigenvalue weighted by Crippen LogP contribution is 2.10. The fourth-order valence-electron chi connectivity index (χ4n) is 2.49. The largest absolute Gasteiger partial charge is 0.376 e. The van der Waals surface area contributed by atoms with E-state index in [1.54, 1.807) is 0 Å². The highest BCUT2D eigenvalue weighted by Gasteiger charge is 2.15. The van der Waals surface area contributed by atoms with Gasteiger partial charge in [-0.05, 0) is 25.0 Å². The lowest BCUT2D eigenvalue weighted by Crippen LogP contribution is -2.40. The molecule has 112 valence electrons. The minimum absolute atomic E-state index is 0.144. The van der Waals surface area contributed by atoms with Gasteiger partial charge in [-0.15, -0.1) is 0 Å². The second-order valence-corrected chi connectivity index (χ2v) is 5.22. The van der Waals surface area contributed by atoms with Gasteiger partial charge < -0.3 is 19.8 Å². The molecule has 0 saturated carbocycles. The third-order valence-electron chi connectivity index (χ3n) is 3.59. The summed E-state index contributed by atoms with van der Waals surface area (Å²) in [5.41, 5.74) is 1.90. The van der Waals surface area contributed by atoms with Crippen molar-refractivity contribution in [2.45, 2.75) is 25.4 Å². The number of fused-ring (bicyclic) bond motifs is 1. The molecule has 3 rings (SSSR count). The summed E-state index contributed by atoms with van der Waals surface area (Å²) >= 11 is 0. The Morgan fingerprint density at radius 1 is 1.43 bits per heavy atom. The number of amides is 2. The number of pyridine rings is 1. The van der Waals surface area contributed by atoms with Gasteiger partial charge in [0.2, 0.25) is 0 Å². The van der Waals surface area contributed by atoms with Crippen molar-refractivity contribution in [1.82, 2.24) is 20.0 Å². The normalized spacial score (nSPS) is 18.0. The van der Waals surface area contributed by atoms with E-state index in [0.717, 1.165) is 37.2 Å². The smallest absolute Gasteiger partial charge is 0.314 e. The molecule has 1 aliphatic rings. The number of urea groups is 1. The van der Waals surface area contributed by atoms with Crippen LogP contribution in [0.5, 0.6) is 0 Å². The summed E-state index contributed by atoms with van der Waals surface area (Å²) in [6.45, 7) is 1.96. The molecule has 21 heavy (non-hydrogen) atoms. The molecule has 3 heterocycles. The van der Waals surface area contributed by atoms with Gasteiger partial charge in [0.25, 0.3) is 0 Å². The monoisotopic (exact) mass is 288 g/mol. The van der Waals surface area contributed by atoms with Crippen molar-refractivity contribution >= 4 is 11.7 Å². The van der Waals surface area contributed by atoms with Crippen LogP contribution in [0.25, 0.3) is 5.65 Å². The molecule has 1 aliphatic heterocycles. The zero-order chi connectivity index (χ0) is 14.5. The second kappa shape index (κ2) is 6.58. The molecular formula is C15H20N4O2. The number of nitrogens with one attached hydrogen (secondary N) is 2. The van der Waals surface area contributed by atoms with Crippen LogP contribution in [0.4, 0.5) is 4.79 Å². The molecule has 2 aromatic rings. The summed E-state index contributed by atoms with van der Waals surface area (Å²) in [7, 11) is 0. The van der Waals surface area contributed by atoms with E-state index in [9.17, 15) is 4.79 Å². The van der Waals surface area contributed by atoms with Crippen LogP contribution in [0.3, 0.4) is 0 Å². The van der Waals surface area contributed by atoms with Crippen molar-refractivity contribution < 1.29 is 9.53 Å². The van der Waals surface area contributed by atoms with Crippen LogP contribution in [0.2, 0.25) is 0 Å². The molecule has 2 N–H and O–H groups in total. The van der Waals surface area contributed by atoms with E-state index in [1.165, 1.54) is 0 Å². The summed E-state index contributed by atoms with van der Waals surface area (Å²) in [6, 6.07) is 5.75. The Labute approximate surface area is 123 Å². The molecule has 1 atom stereocenters. The van der Waals surface area contributed by atoms with Gasteiger partial charge in [0.05, 0.1) is 11.8 Å². The topological polar surface area (TPSA) is 67.7 Å². The molecule has 2 amide bonds. The highest BCUT2D eigenvalue weighted by atomic mass is 16.5. The lowest BCUT2D eigenvalue weighted by Gasteiger charge is -2.11. The molecule has 1 fully saturated rings. The van der Waals surface area contributed by atoms with Crippen LogP contribution in [-0.2, 0) is 11.2 Å². The number of nitrogens with zero attached hydrogens (tertiary/aromatic N) is 2. The van der Waals surface area contributed by atoms with Gasteiger partial charge in [0.1, 0.15) is 5.65 Å². The number of hydrogen-bond donors (Lipinski definition) is 2. The second-order valence-electron chi connectivity index (χ2n) is 5.22. The number of imidazole rings is 1. The quantitative estimate of drug-likeness (QED) is 0.873. The number of hydrogen-bond acceptors (Lipinski definition) is 3. The highest BCUT2D eigenvalue weighted by molar-refractivity contribution is 5.73. The lowest BCUT2D eigenvalue weighted by molar-refractivity contribution is 0.111. The first kappa shape index (κ1) is 13.9. The molecular weight excluding hydrogens is 268 g/mol. The summed E-state index contributed by atoms with van der Waals surface area (Å²) in [4.78, 5) is 16.1. The van der Waals surface area contributed by atoms with E-state index in [2.05, 4.69) is 15.6 Å². The number of aromatic nitrogens is 2. The van der Waals surface area contributed by atoms with Gasteiger partial charge in [-0.25, -0.2) is 9.78 Å². The first-order valence-electron chi connectivity index (χ1n) is 7.37. The van der Waals surface area contributed by atoms with Gasteiger partial charge in [-0.2, -0.15) is 0 Å². The van der Waals surface area contributed by atoms with E-state index in [1.807, 2.05) is 35.0 Å². The molecule has 6 heteroatoms. The molecule has 6 nitrogen and oxygen atoms in total. The minimum Gasteiger partial charge on any atom is -0.376 e. The van der Waals surface area contributed by atoms with Crippen LogP contribution in [0.15, 0.2) is 30.6 Å². The Hall–Kier alpha value is -2.08. The Morgan fingerprint density at radius 2 is 2.38 bits per heavy atom. The van der Waals surface area contributed by atoms with Crippen LogP contribution in [0, 0.1) is 0 Å². The Balaban J connectivity index is 1.39. The Kier molecular flexibility index (Phi) is 4.35. The zero-order valence-corrected chi connectivity index (χ0v) is 11.9. The van der Waals surface area contributed by atoms with Crippen molar-refractivity contribution in [3.63, 3.8) is 0 Å². The fourth-order valence-corrected chi connectivity index (χ4v) is 2.49. The van der Waals surface area contributed by atoms with E-state index in [0.29, 0.717) is 13.1 Å². The summed E-state index contributed by atoms with van der Waals surface area (Å²) in [5.74, 6) is 0. The first-order chi connectivity index (χ1) is 10.3. The van der Waals surface area contributed by atoms with Crippen molar-refractivity contribution in [2.75, 3.05) is 19.7 Å². The van der Waals surface area contributed by atoms with Crippen LogP contribution < -0.4 is 10.6 Å². The summed E-state index contributed by atoms with van der Waals surface area (Å²) in [6.07, 6.45) is 6.96. The van der Waals surface area contributed by atoms with Crippen molar-refractivity contribution in [3.8, 4) is 0 Å². The third-order valence-corrected chi connectivity index (χ3v) is 3.59.